The van der Waals surface area contributed by atoms with Crippen molar-refractivity contribution >= 4 is 34.8 Å². The minimum absolute atomic E-state index is 0.266. The summed E-state index contributed by atoms with van der Waals surface area (Å²) in [5.41, 5.74) is 3.90. The molecule has 1 aliphatic heterocycles. The molecule has 2 N–H and O–H groups in total. The summed E-state index contributed by atoms with van der Waals surface area (Å²) >= 11 is 0. The molecule has 5 rings (SSSR count). The first-order valence-corrected chi connectivity index (χ1v) is 14.6. The topological polar surface area (TPSA) is 119 Å². The molecular formula is C35H34N4O6. The molecule has 1 heterocycles. The number of carbonyl (C=O) groups excluding carboxylic acids is 3. The average molecular weight is 607 g/mol. The molecule has 230 valence electrons. The highest BCUT2D eigenvalue weighted by Gasteiger charge is 2.22. The van der Waals surface area contributed by atoms with Crippen LogP contribution >= 0.6 is 0 Å². The van der Waals surface area contributed by atoms with Crippen LogP contribution in [0.15, 0.2) is 96.1 Å². The molecule has 10 nitrogen and oxygen atoms in total. The molecule has 0 bridgehead atoms. The fraction of sp³-hybridized carbons (Fsp3) is 0.200. The summed E-state index contributed by atoms with van der Waals surface area (Å²) in [6.07, 6.45) is 1.48. The minimum Gasteiger partial charge on any atom is -0.497 e. The molecular weight excluding hydrogens is 572 g/mol. The van der Waals surface area contributed by atoms with Gasteiger partial charge in [-0.2, -0.15) is 5.10 Å². The van der Waals surface area contributed by atoms with Crippen LogP contribution in [0.3, 0.4) is 0 Å². The summed E-state index contributed by atoms with van der Waals surface area (Å²) in [6, 6.07) is 25.8. The van der Waals surface area contributed by atoms with Crippen LogP contribution in [-0.4, -0.2) is 55.8 Å². The Morgan fingerprint density at radius 3 is 2.24 bits per heavy atom. The van der Waals surface area contributed by atoms with Crippen LogP contribution in [0.1, 0.15) is 56.4 Å². The van der Waals surface area contributed by atoms with Gasteiger partial charge >= 0.3 is 0 Å². The van der Waals surface area contributed by atoms with Crippen molar-refractivity contribution in [2.45, 2.75) is 19.8 Å². The Bertz CT molecular complexity index is 1730. The lowest BCUT2D eigenvalue weighted by Gasteiger charge is -2.24. The standard InChI is InChI=1S/C35H34N4O6/c1-4-45-32-22-24(15-18-31(32)44-3)30-12-7-19-39(38-30)35(42)26-9-5-10-28(20-26)37-33(40)23-13-16-27(17-14-23)36-34(41)25-8-6-11-29(21-25)43-2/h5-6,8-11,13-18,20-22H,4,7,12,19H2,1-3H3,(H,36,41)(H,37,40). The first kappa shape index (κ1) is 30.8. The predicted molar refractivity (Wildman–Crippen MR) is 173 cm³/mol. The average Bonchev–Trinajstić information content (AvgIpc) is 3.08. The normalized spacial score (nSPS) is 12.5. The van der Waals surface area contributed by atoms with E-state index >= 15 is 0 Å². The first-order valence-electron chi connectivity index (χ1n) is 14.6. The lowest BCUT2D eigenvalue weighted by atomic mass is 10.0. The van der Waals surface area contributed by atoms with E-state index in [1.165, 1.54) is 12.1 Å². The summed E-state index contributed by atoms with van der Waals surface area (Å²) in [4.78, 5) is 39.0. The van der Waals surface area contributed by atoms with Crippen LogP contribution in [-0.2, 0) is 0 Å². The zero-order chi connectivity index (χ0) is 31.8. The molecule has 0 atom stereocenters. The van der Waals surface area contributed by atoms with Crippen LogP contribution in [0.5, 0.6) is 17.2 Å². The van der Waals surface area contributed by atoms with Gasteiger partial charge in [0.25, 0.3) is 17.7 Å². The molecule has 0 unspecified atom stereocenters. The number of rotatable bonds is 10. The molecule has 1 aliphatic rings. The molecule has 45 heavy (non-hydrogen) atoms. The van der Waals surface area contributed by atoms with Gasteiger partial charge in [-0.15, -0.1) is 0 Å². The Labute approximate surface area is 261 Å². The molecule has 10 heteroatoms. The Morgan fingerprint density at radius 2 is 1.49 bits per heavy atom. The van der Waals surface area contributed by atoms with Crippen LogP contribution < -0.4 is 24.8 Å². The Balaban J connectivity index is 1.24. The number of anilines is 2. The van der Waals surface area contributed by atoms with E-state index in [1.807, 2.05) is 25.1 Å². The molecule has 3 amide bonds. The number of amides is 3. The number of carbonyl (C=O) groups is 3. The van der Waals surface area contributed by atoms with E-state index in [1.54, 1.807) is 79.9 Å². The molecule has 0 saturated carbocycles. The largest absolute Gasteiger partial charge is 0.497 e. The van der Waals surface area contributed by atoms with Crippen molar-refractivity contribution < 1.29 is 28.6 Å². The lowest BCUT2D eigenvalue weighted by Crippen LogP contribution is -2.32. The number of benzene rings is 4. The number of hydrogen-bond acceptors (Lipinski definition) is 7. The summed E-state index contributed by atoms with van der Waals surface area (Å²) in [7, 11) is 3.13. The second-order valence-corrected chi connectivity index (χ2v) is 10.2. The third kappa shape index (κ3) is 7.48. The van der Waals surface area contributed by atoms with Crippen molar-refractivity contribution in [1.82, 2.24) is 5.01 Å². The van der Waals surface area contributed by atoms with Gasteiger partial charge in [-0.1, -0.05) is 12.1 Å². The van der Waals surface area contributed by atoms with Gasteiger partial charge < -0.3 is 24.8 Å². The smallest absolute Gasteiger partial charge is 0.274 e. The summed E-state index contributed by atoms with van der Waals surface area (Å²) < 4.78 is 16.3. The minimum atomic E-state index is -0.354. The number of ether oxygens (including phenoxy) is 3. The van der Waals surface area contributed by atoms with Crippen LogP contribution in [0.25, 0.3) is 0 Å². The number of nitrogens with one attached hydrogen (secondary N) is 2. The van der Waals surface area contributed by atoms with E-state index in [9.17, 15) is 14.4 Å². The Hall–Kier alpha value is -5.64. The van der Waals surface area contributed by atoms with Crippen molar-refractivity contribution in [3.63, 3.8) is 0 Å². The molecule has 0 radical (unpaired) electrons. The maximum Gasteiger partial charge on any atom is 0.274 e. The Morgan fingerprint density at radius 1 is 0.756 bits per heavy atom. The second-order valence-electron chi connectivity index (χ2n) is 10.2. The number of nitrogens with zero attached hydrogens (tertiary/aromatic N) is 2. The summed E-state index contributed by atoms with van der Waals surface area (Å²) in [5, 5.41) is 11.8. The maximum atomic E-state index is 13.4. The molecule has 4 aromatic carbocycles. The van der Waals surface area contributed by atoms with Gasteiger partial charge in [-0.25, -0.2) is 5.01 Å². The van der Waals surface area contributed by atoms with E-state index in [2.05, 4.69) is 15.7 Å². The summed E-state index contributed by atoms with van der Waals surface area (Å²) in [5.74, 6) is 0.928. The number of hydrogen-bond donors (Lipinski definition) is 2. The predicted octanol–water partition coefficient (Wildman–Crippen LogP) is 6.25. The fourth-order valence-corrected chi connectivity index (χ4v) is 4.87. The van der Waals surface area contributed by atoms with Crippen molar-refractivity contribution in [2.75, 3.05) is 38.0 Å². The van der Waals surface area contributed by atoms with E-state index in [0.29, 0.717) is 58.5 Å². The molecule has 4 aromatic rings. The van der Waals surface area contributed by atoms with Crippen LogP contribution in [0.2, 0.25) is 0 Å². The van der Waals surface area contributed by atoms with Crippen molar-refractivity contribution in [1.29, 1.82) is 0 Å². The third-order valence-corrected chi connectivity index (χ3v) is 7.16. The van der Waals surface area contributed by atoms with Crippen molar-refractivity contribution in [2.24, 2.45) is 5.10 Å². The van der Waals surface area contributed by atoms with E-state index in [-0.39, 0.29) is 17.7 Å². The van der Waals surface area contributed by atoms with Crippen LogP contribution in [0.4, 0.5) is 11.4 Å². The third-order valence-electron chi connectivity index (χ3n) is 7.16. The molecule has 0 spiro atoms. The second kappa shape index (κ2) is 14.2. The monoisotopic (exact) mass is 606 g/mol. The fourth-order valence-electron chi connectivity index (χ4n) is 4.87. The first-order chi connectivity index (χ1) is 21.9. The molecule has 0 aliphatic carbocycles. The van der Waals surface area contributed by atoms with E-state index < -0.39 is 0 Å². The highest BCUT2D eigenvalue weighted by Crippen LogP contribution is 2.30. The van der Waals surface area contributed by atoms with E-state index in [4.69, 9.17) is 14.2 Å². The van der Waals surface area contributed by atoms with Gasteiger partial charge in [-0.3, -0.25) is 14.4 Å². The van der Waals surface area contributed by atoms with Gasteiger partial charge in [0.2, 0.25) is 0 Å². The highest BCUT2D eigenvalue weighted by molar-refractivity contribution is 6.07. The molecule has 0 saturated heterocycles. The SMILES string of the molecule is CCOc1cc(C2=NN(C(=O)c3cccc(NC(=O)c4ccc(NC(=O)c5cccc(OC)c5)cc4)c3)CCC2)ccc1OC. The zero-order valence-electron chi connectivity index (χ0n) is 25.3. The van der Waals surface area contributed by atoms with Crippen LogP contribution in [0, 0.1) is 0 Å². The zero-order valence-corrected chi connectivity index (χ0v) is 25.3. The maximum absolute atomic E-state index is 13.4. The van der Waals surface area contributed by atoms with Gasteiger partial charge in [0, 0.05) is 40.2 Å². The van der Waals surface area contributed by atoms with Gasteiger partial charge in [0.15, 0.2) is 11.5 Å². The van der Waals surface area contributed by atoms with Crippen molar-refractivity contribution in [3.05, 3.63) is 113 Å². The van der Waals surface area contributed by atoms with Crippen molar-refractivity contribution in [3.8, 4) is 17.2 Å². The number of methoxy groups -OCH3 is 2. The quantitative estimate of drug-likeness (QED) is 0.220. The van der Waals surface area contributed by atoms with Gasteiger partial charge in [-0.05, 0) is 98.6 Å². The molecule has 0 fully saturated rings. The van der Waals surface area contributed by atoms with Gasteiger partial charge in [0.05, 0.1) is 26.5 Å². The van der Waals surface area contributed by atoms with Gasteiger partial charge in [0.1, 0.15) is 5.75 Å². The molecule has 0 aromatic heterocycles. The number of hydrazone groups is 1. The lowest BCUT2D eigenvalue weighted by molar-refractivity contribution is 0.0751. The summed E-state index contributed by atoms with van der Waals surface area (Å²) in [6.45, 7) is 2.89. The highest BCUT2D eigenvalue weighted by atomic mass is 16.5. The van der Waals surface area contributed by atoms with E-state index in [0.717, 1.165) is 24.1 Å². The Kier molecular flexibility index (Phi) is 9.74.